The van der Waals surface area contributed by atoms with Crippen molar-refractivity contribution >= 4 is 6.01 Å². The van der Waals surface area contributed by atoms with Crippen LogP contribution in [0.25, 0.3) is 0 Å². The van der Waals surface area contributed by atoms with Crippen LogP contribution in [0.3, 0.4) is 0 Å². The van der Waals surface area contributed by atoms with Gasteiger partial charge in [-0.2, -0.15) is 0 Å². The molecule has 0 rings (SSSR count). The molecule has 0 radical (unpaired) electrons. The maximum absolute atomic E-state index is 7.18. The summed E-state index contributed by atoms with van der Waals surface area (Å²) in [6.45, 7) is 4.12. The van der Waals surface area contributed by atoms with Crippen molar-refractivity contribution < 1.29 is 0 Å². The van der Waals surface area contributed by atoms with Gasteiger partial charge in [0, 0.05) is 0 Å². The van der Waals surface area contributed by atoms with Crippen LogP contribution >= 0.6 is 0 Å². The Hall–Kier alpha value is -0.740. The Balaban J connectivity index is 4.81. The highest BCUT2D eigenvalue weighted by molar-refractivity contribution is 5.35. The summed E-state index contributed by atoms with van der Waals surface area (Å²) < 4.78 is 0. The highest BCUT2D eigenvalue weighted by Crippen LogP contribution is 2.35. The van der Waals surface area contributed by atoms with Crippen molar-refractivity contribution in [3.8, 4) is 0 Å². The molecule has 136 valence electrons. The van der Waals surface area contributed by atoms with Crippen LogP contribution in [0.4, 0.5) is 0 Å². The minimum absolute atomic E-state index is 0.232. The Morgan fingerprint density at radius 2 is 1.09 bits per heavy atom. The number of rotatable bonds is 14. The van der Waals surface area contributed by atoms with Crippen molar-refractivity contribution in [2.24, 2.45) is 10.4 Å². The Kier molecular flexibility index (Phi) is 12.2. The van der Waals surface area contributed by atoms with E-state index in [1.54, 1.807) is 0 Å². The van der Waals surface area contributed by atoms with Crippen LogP contribution in [0.15, 0.2) is 4.99 Å². The predicted octanol–water partition coefficient (Wildman–Crippen LogP) is 2.75. The topological polar surface area (TPSA) is 45.9 Å². The van der Waals surface area contributed by atoms with Crippen molar-refractivity contribution in [2.75, 3.05) is 68.5 Å². The lowest BCUT2D eigenvalue weighted by Gasteiger charge is -2.34. The molecule has 0 amide bonds. The zero-order valence-electron chi connectivity index (χ0n) is 16.4. The van der Waals surface area contributed by atoms with Gasteiger partial charge in [0.2, 0.25) is 0 Å². The van der Waals surface area contributed by atoms with Crippen molar-refractivity contribution in [3.63, 3.8) is 0 Å². The minimum atomic E-state index is 0.232. The summed E-state index contributed by atoms with van der Waals surface area (Å²) in [5.74, 6) is 0. The molecule has 23 heavy (non-hydrogen) atoms. The highest BCUT2D eigenvalue weighted by atomic mass is 15.1. The van der Waals surface area contributed by atoms with Crippen LogP contribution in [0.1, 0.15) is 38.5 Å². The summed E-state index contributed by atoms with van der Waals surface area (Å²) in [5.41, 5.74) is 0.232. The van der Waals surface area contributed by atoms with Gasteiger partial charge in [0.25, 0.3) is 0 Å². The molecule has 0 saturated carbocycles. The van der Waals surface area contributed by atoms with E-state index in [1.807, 2.05) is 0 Å². The monoisotopic (exact) mass is 325 g/mol. The summed E-state index contributed by atoms with van der Waals surface area (Å²) in [6, 6.07) is 2.26. The van der Waals surface area contributed by atoms with E-state index in [0.717, 1.165) is 26.2 Å². The van der Waals surface area contributed by atoms with Crippen LogP contribution in [0, 0.1) is 10.8 Å². The largest absolute Gasteiger partial charge is 0.309 e. The molecule has 0 saturated heterocycles. The summed E-state index contributed by atoms with van der Waals surface area (Å²) in [4.78, 5) is 11.0. The fraction of sp³-hybridized carbons (Fsp3) is 0.944. The fourth-order valence-corrected chi connectivity index (χ4v) is 3.13. The number of aliphatic imine (C=N–C) groups is 1. The molecule has 0 unspecified atom stereocenters. The molecule has 0 aliphatic heterocycles. The van der Waals surface area contributed by atoms with Gasteiger partial charge in [-0.25, -0.2) is 10.4 Å². The second-order valence-corrected chi connectivity index (χ2v) is 7.65. The number of hydrogen-bond acceptors (Lipinski definition) is 5. The zero-order chi connectivity index (χ0) is 17.7. The average Bonchev–Trinajstić information content (AvgIpc) is 2.43. The smallest absolute Gasteiger partial charge is 0.0862 e. The van der Waals surface area contributed by atoms with E-state index in [-0.39, 0.29) is 5.41 Å². The van der Waals surface area contributed by atoms with Crippen LogP contribution in [0.5, 0.6) is 0 Å². The summed E-state index contributed by atoms with van der Waals surface area (Å²) in [7, 11) is 12.8. The fourth-order valence-electron chi connectivity index (χ4n) is 3.13. The molecule has 0 spiro atoms. The number of nitrogens with one attached hydrogen (secondary N) is 1. The van der Waals surface area contributed by atoms with E-state index in [9.17, 15) is 0 Å². The van der Waals surface area contributed by atoms with Crippen LogP contribution in [-0.2, 0) is 0 Å². The zero-order valence-corrected chi connectivity index (χ0v) is 16.4. The van der Waals surface area contributed by atoms with E-state index in [2.05, 4.69) is 68.0 Å². The molecule has 0 aromatic heterocycles. The van der Waals surface area contributed by atoms with Gasteiger partial charge in [-0.3, -0.25) is 0 Å². The van der Waals surface area contributed by atoms with Crippen LogP contribution < -0.4 is 0 Å². The third-order valence-electron chi connectivity index (χ3n) is 4.43. The molecule has 0 aromatic rings. The maximum atomic E-state index is 7.18. The van der Waals surface area contributed by atoms with E-state index in [1.165, 1.54) is 38.5 Å². The minimum Gasteiger partial charge on any atom is -0.309 e. The lowest BCUT2D eigenvalue weighted by molar-refractivity contribution is 0.188. The molecule has 5 heteroatoms. The lowest BCUT2D eigenvalue weighted by Crippen LogP contribution is -2.29. The molecule has 1 N–H and O–H groups in total. The van der Waals surface area contributed by atoms with E-state index in [4.69, 9.17) is 5.41 Å². The van der Waals surface area contributed by atoms with Crippen LogP contribution in [0.2, 0.25) is 0 Å². The first-order chi connectivity index (χ1) is 10.8. The predicted molar refractivity (Wildman–Crippen MR) is 101 cm³/mol. The Labute approximate surface area is 144 Å². The van der Waals surface area contributed by atoms with Gasteiger partial charge in [0.05, 0.1) is 12.6 Å². The molecule has 0 bridgehead atoms. The molecule has 0 fully saturated rings. The van der Waals surface area contributed by atoms with Gasteiger partial charge < -0.3 is 14.7 Å². The first kappa shape index (κ1) is 22.3. The number of hydrogen-bond donors (Lipinski definition) is 1. The molecule has 0 aromatic carbocycles. The molecule has 0 aliphatic carbocycles. The Bertz CT molecular complexity index is 296. The SMILES string of the molecule is CN(C)CCCC(CCCN(C)C)(CCCN(C)C)CN=C=N. The molecular weight excluding hydrogens is 286 g/mol. The van der Waals surface area contributed by atoms with E-state index < -0.39 is 0 Å². The quantitative estimate of drug-likeness (QED) is 0.500. The number of nitrogens with zero attached hydrogens (tertiary/aromatic N) is 4. The van der Waals surface area contributed by atoms with Crippen LogP contribution in [-0.4, -0.2) is 89.2 Å². The molecule has 5 nitrogen and oxygen atoms in total. The molecular formula is C18H39N5. The Morgan fingerprint density at radius 1 is 0.739 bits per heavy atom. The maximum Gasteiger partial charge on any atom is 0.0862 e. The Morgan fingerprint density at radius 3 is 1.35 bits per heavy atom. The third kappa shape index (κ3) is 12.4. The molecule has 0 aliphatic rings. The average molecular weight is 326 g/mol. The first-order valence-corrected chi connectivity index (χ1v) is 8.84. The van der Waals surface area contributed by atoms with Crippen molar-refractivity contribution in [1.82, 2.24) is 14.7 Å². The van der Waals surface area contributed by atoms with Gasteiger partial charge in [0.1, 0.15) is 0 Å². The summed E-state index contributed by atoms with van der Waals surface area (Å²) in [6.07, 6.45) is 7.17. The normalized spacial score (nSPS) is 12.2. The van der Waals surface area contributed by atoms with Crippen molar-refractivity contribution in [2.45, 2.75) is 38.5 Å². The first-order valence-electron chi connectivity index (χ1n) is 8.84. The van der Waals surface area contributed by atoms with Gasteiger partial charge in [-0.15, -0.1) is 0 Å². The summed E-state index contributed by atoms with van der Waals surface area (Å²) in [5, 5.41) is 7.18. The summed E-state index contributed by atoms with van der Waals surface area (Å²) >= 11 is 0. The highest BCUT2D eigenvalue weighted by Gasteiger charge is 2.29. The van der Waals surface area contributed by atoms with Crippen molar-refractivity contribution in [1.29, 1.82) is 5.41 Å². The third-order valence-corrected chi connectivity index (χ3v) is 4.43. The molecule has 0 heterocycles. The van der Waals surface area contributed by atoms with Crippen molar-refractivity contribution in [3.05, 3.63) is 0 Å². The molecule has 0 atom stereocenters. The standard InChI is InChI=1S/C18H39N5/c1-21(2)13-7-10-18(16-20-17-19,11-8-14-22(3)4)12-9-15-23(5)6/h19H,7-16H2,1-6H3. The van der Waals surface area contributed by atoms with E-state index >= 15 is 0 Å². The van der Waals surface area contributed by atoms with Gasteiger partial charge in [0.15, 0.2) is 0 Å². The van der Waals surface area contributed by atoms with Gasteiger partial charge in [-0.05, 0) is 106 Å². The van der Waals surface area contributed by atoms with Gasteiger partial charge >= 0.3 is 0 Å². The van der Waals surface area contributed by atoms with E-state index in [0.29, 0.717) is 0 Å². The second kappa shape index (κ2) is 12.7. The van der Waals surface area contributed by atoms with Gasteiger partial charge in [-0.1, -0.05) is 0 Å². The lowest BCUT2D eigenvalue weighted by atomic mass is 9.75. The second-order valence-electron chi connectivity index (χ2n) is 7.65.